The number of nitrogens with zero attached hydrogens (tertiary/aromatic N) is 3. The van der Waals surface area contributed by atoms with E-state index in [0.717, 1.165) is 5.56 Å². The van der Waals surface area contributed by atoms with Gasteiger partial charge in [0.15, 0.2) is 0 Å². The summed E-state index contributed by atoms with van der Waals surface area (Å²) in [7, 11) is -2.64. The van der Waals surface area contributed by atoms with E-state index in [2.05, 4.69) is 19.7 Å². The number of aromatic nitrogens is 3. The van der Waals surface area contributed by atoms with Crippen molar-refractivity contribution in [3.63, 3.8) is 0 Å². The van der Waals surface area contributed by atoms with E-state index in [9.17, 15) is 13.2 Å². The van der Waals surface area contributed by atoms with Gasteiger partial charge in [0, 0.05) is 11.8 Å². The van der Waals surface area contributed by atoms with Crippen molar-refractivity contribution in [2.45, 2.75) is 45.9 Å². The topological polar surface area (TPSA) is 120 Å². The molecule has 9 nitrogen and oxygen atoms in total. The summed E-state index contributed by atoms with van der Waals surface area (Å²) in [5.74, 6) is -0.0239. The fourth-order valence-corrected chi connectivity index (χ4v) is 4.56. The first-order chi connectivity index (χ1) is 16.9. The third-order valence-electron chi connectivity index (χ3n) is 5.27. The molecule has 3 aromatic rings. The summed E-state index contributed by atoms with van der Waals surface area (Å²) in [5, 5.41) is 0. The van der Waals surface area contributed by atoms with Crippen LogP contribution in [0.5, 0.6) is 5.88 Å². The molecule has 0 saturated heterocycles. The van der Waals surface area contributed by atoms with Crippen LogP contribution in [-0.2, 0) is 26.0 Å². The van der Waals surface area contributed by atoms with Crippen LogP contribution in [0.1, 0.15) is 39.0 Å². The Morgan fingerprint density at radius 1 is 1.11 bits per heavy atom. The molecule has 0 amide bonds. The van der Waals surface area contributed by atoms with E-state index in [1.165, 1.54) is 19.4 Å². The molecule has 1 N–H and O–H groups in total. The van der Waals surface area contributed by atoms with Gasteiger partial charge in [-0.15, -0.1) is 0 Å². The molecule has 0 aliphatic heterocycles. The van der Waals surface area contributed by atoms with E-state index in [1.54, 1.807) is 19.2 Å². The van der Waals surface area contributed by atoms with Gasteiger partial charge in [-0.1, -0.05) is 31.2 Å². The highest BCUT2D eigenvalue weighted by atomic mass is 32.2. The number of nitrogens with one attached hydrogen (secondary N) is 1. The number of carbonyl (C=O) groups is 1. The van der Waals surface area contributed by atoms with Crippen LogP contribution in [0.4, 0.5) is 5.82 Å². The molecule has 1 aromatic carbocycles. The maximum absolute atomic E-state index is 13.2. The van der Waals surface area contributed by atoms with Gasteiger partial charge >= 0.3 is 5.97 Å². The minimum Gasteiger partial charge on any atom is -0.478 e. The van der Waals surface area contributed by atoms with Gasteiger partial charge in [-0.2, -0.15) is 0 Å². The summed E-state index contributed by atoms with van der Waals surface area (Å²) in [6, 6.07) is 10.5. The summed E-state index contributed by atoms with van der Waals surface area (Å²) in [5.41, 5.74) is 2.06. The molecular formula is C26H32N4O5S. The van der Waals surface area contributed by atoms with E-state index >= 15 is 0 Å². The molecular weight excluding hydrogens is 480 g/mol. The zero-order valence-electron chi connectivity index (χ0n) is 21.4. The van der Waals surface area contributed by atoms with E-state index in [0.29, 0.717) is 30.0 Å². The number of benzene rings is 1. The molecule has 0 aliphatic rings. The van der Waals surface area contributed by atoms with Crippen LogP contribution in [0.15, 0.2) is 53.7 Å². The Kier molecular flexibility index (Phi) is 8.29. The normalized spacial score (nSPS) is 12.6. The Balaban J connectivity index is 1.78. The molecule has 1 unspecified atom stereocenters. The monoisotopic (exact) mass is 512 g/mol. The second-order valence-electron chi connectivity index (χ2n) is 9.68. The van der Waals surface area contributed by atoms with Gasteiger partial charge < -0.3 is 9.47 Å². The third-order valence-corrected chi connectivity index (χ3v) is 6.64. The van der Waals surface area contributed by atoms with Crippen molar-refractivity contribution in [2.75, 3.05) is 18.4 Å². The van der Waals surface area contributed by atoms with E-state index < -0.39 is 15.4 Å². The summed E-state index contributed by atoms with van der Waals surface area (Å²) >= 11 is 0. The lowest BCUT2D eigenvalue weighted by Gasteiger charge is -2.19. The highest BCUT2D eigenvalue weighted by Crippen LogP contribution is 2.29. The number of hydrogen-bond acceptors (Lipinski definition) is 8. The zero-order valence-corrected chi connectivity index (χ0v) is 22.2. The Morgan fingerprint density at radius 2 is 1.81 bits per heavy atom. The predicted molar refractivity (Wildman–Crippen MR) is 137 cm³/mol. The quantitative estimate of drug-likeness (QED) is 0.418. The summed E-state index contributed by atoms with van der Waals surface area (Å²) < 4.78 is 39.5. The number of pyridine rings is 1. The van der Waals surface area contributed by atoms with E-state index in [-0.39, 0.29) is 28.5 Å². The van der Waals surface area contributed by atoms with Gasteiger partial charge in [0.2, 0.25) is 5.82 Å². The molecule has 1 atom stereocenters. The van der Waals surface area contributed by atoms with Crippen LogP contribution in [0.25, 0.3) is 11.3 Å². The molecule has 2 aromatic heterocycles. The first kappa shape index (κ1) is 27.1. The van der Waals surface area contributed by atoms with Crippen LogP contribution < -0.4 is 9.46 Å². The molecule has 0 fully saturated rings. The average molecular weight is 513 g/mol. The average Bonchev–Trinajstić information content (AvgIpc) is 2.83. The fourth-order valence-electron chi connectivity index (χ4n) is 3.37. The Morgan fingerprint density at radius 3 is 2.44 bits per heavy atom. The smallest absolute Gasteiger partial charge is 0.311 e. The van der Waals surface area contributed by atoms with Crippen molar-refractivity contribution < 1.29 is 22.7 Å². The van der Waals surface area contributed by atoms with E-state index in [1.807, 2.05) is 52.0 Å². The highest BCUT2D eigenvalue weighted by Gasteiger charge is 2.24. The van der Waals surface area contributed by atoms with Crippen LogP contribution in [0.2, 0.25) is 0 Å². The number of sulfonamides is 1. The number of rotatable bonds is 9. The van der Waals surface area contributed by atoms with Gasteiger partial charge in [0.1, 0.15) is 4.90 Å². The lowest BCUT2D eigenvalue weighted by atomic mass is 9.97. The lowest BCUT2D eigenvalue weighted by Crippen LogP contribution is -2.25. The van der Waals surface area contributed by atoms with Crippen molar-refractivity contribution in [3.8, 4) is 17.1 Å². The molecule has 0 radical (unpaired) electrons. The standard InChI is InChI=1S/C26H32N4O5S/c1-17(16-35-25(31)26(3,4)5)14-19-9-11-20(12-10-19)22-21(8-7-13-27-22)36(32,33)30-23-24(34-6)29-18(2)15-28-23/h7-13,15,17H,14,16H2,1-6H3,(H,28,30). The first-order valence-electron chi connectivity index (χ1n) is 11.5. The molecule has 0 bridgehead atoms. The molecule has 3 rings (SSSR count). The van der Waals surface area contributed by atoms with Gasteiger partial charge in [-0.25, -0.2) is 18.4 Å². The predicted octanol–water partition coefficient (Wildman–Crippen LogP) is 4.42. The zero-order chi connectivity index (χ0) is 26.5. The second-order valence-corrected chi connectivity index (χ2v) is 11.3. The Labute approximate surface area is 212 Å². The highest BCUT2D eigenvalue weighted by molar-refractivity contribution is 7.92. The maximum Gasteiger partial charge on any atom is 0.311 e. The van der Waals surface area contributed by atoms with Gasteiger partial charge in [-0.3, -0.25) is 14.5 Å². The van der Waals surface area contributed by atoms with Crippen molar-refractivity contribution in [1.82, 2.24) is 15.0 Å². The Bertz CT molecular complexity index is 1320. The third kappa shape index (κ3) is 6.78. The van der Waals surface area contributed by atoms with Gasteiger partial charge in [0.05, 0.1) is 36.7 Å². The number of anilines is 1. The first-order valence-corrected chi connectivity index (χ1v) is 13.0. The molecule has 2 heterocycles. The SMILES string of the molecule is COc1nc(C)cnc1NS(=O)(=O)c1cccnc1-c1ccc(CC(C)COC(=O)C(C)(C)C)cc1. The maximum atomic E-state index is 13.2. The number of hydrogen-bond donors (Lipinski definition) is 1. The molecule has 36 heavy (non-hydrogen) atoms. The molecule has 0 saturated carbocycles. The van der Waals surface area contributed by atoms with Crippen molar-refractivity contribution in [3.05, 3.63) is 60.0 Å². The largest absolute Gasteiger partial charge is 0.478 e. The lowest BCUT2D eigenvalue weighted by molar-refractivity contribution is -0.154. The molecule has 192 valence electrons. The van der Waals surface area contributed by atoms with Crippen molar-refractivity contribution in [1.29, 1.82) is 0 Å². The number of esters is 1. The molecule has 0 aliphatic carbocycles. The number of carbonyl (C=O) groups excluding carboxylic acids is 1. The fraction of sp³-hybridized carbons (Fsp3) is 0.385. The minimum absolute atomic E-state index is 0.00430. The molecule has 10 heteroatoms. The van der Waals surface area contributed by atoms with Crippen LogP contribution in [0, 0.1) is 18.3 Å². The van der Waals surface area contributed by atoms with Gasteiger partial charge in [0.25, 0.3) is 15.9 Å². The summed E-state index contributed by atoms with van der Waals surface area (Å²) in [6.07, 6.45) is 3.70. The van der Waals surface area contributed by atoms with Gasteiger partial charge in [-0.05, 0) is 57.7 Å². The second kappa shape index (κ2) is 11.0. The Hall–Kier alpha value is -3.53. The van der Waals surface area contributed by atoms with Crippen LogP contribution >= 0.6 is 0 Å². The number of methoxy groups -OCH3 is 1. The van der Waals surface area contributed by atoms with Crippen LogP contribution in [-0.4, -0.2) is 43.1 Å². The summed E-state index contributed by atoms with van der Waals surface area (Å²) in [4.78, 5) is 24.6. The summed E-state index contributed by atoms with van der Waals surface area (Å²) in [6.45, 7) is 9.55. The number of aryl methyl sites for hydroxylation is 1. The van der Waals surface area contributed by atoms with E-state index in [4.69, 9.17) is 9.47 Å². The van der Waals surface area contributed by atoms with Crippen molar-refractivity contribution in [2.24, 2.45) is 11.3 Å². The van der Waals surface area contributed by atoms with Crippen molar-refractivity contribution >= 4 is 21.8 Å². The molecule has 0 spiro atoms. The number of ether oxygens (including phenoxy) is 2. The van der Waals surface area contributed by atoms with Crippen LogP contribution in [0.3, 0.4) is 0 Å². The minimum atomic E-state index is -4.04.